The molecule has 1 saturated carbocycles. The Morgan fingerprint density at radius 2 is 1.79 bits per heavy atom. The second-order valence-corrected chi connectivity index (χ2v) is 6.64. The van der Waals surface area contributed by atoms with Crippen LogP contribution in [0.2, 0.25) is 0 Å². The molecule has 1 N–H and O–H groups in total. The van der Waals surface area contributed by atoms with E-state index in [9.17, 15) is 5.11 Å². The van der Waals surface area contributed by atoms with Crippen molar-refractivity contribution in [1.82, 2.24) is 0 Å². The van der Waals surface area contributed by atoms with Gasteiger partial charge in [-0.25, -0.2) is 0 Å². The molecule has 0 saturated heterocycles. The maximum atomic E-state index is 10.5. The number of benzene rings is 1. The summed E-state index contributed by atoms with van der Waals surface area (Å²) < 4.78 is 0. The first-order chi connectivity index (χ1) is 9.08. The Balaban J connectivity index is 1.89. The van der Waals surface area contributed by atoms with Crippen molar-refractivity contribution in [2.45, 2.75) is 58.5 Å². The summed E-state index contributed by atoms with van der Waals surface area (Å²) in [5.41, 5.74) is 1.35. The average molecular weight is 260 g/mol. The predicted octanol–water partition coefficient (Wildman–Crippen LogP) is 4.61. The van der Waals surface area contributed by atoms with Gasteiger partial charge in [0.05, 0.1) is 6.10 Å². The zero-order valence-corrected chi connectivity index (χ0v) is 12.5. The van der Waals surface area contributed by atoms with Gasteiger partial charge in [-0.05, 0) is 48.5 Å². The first-order valence-corrected chi connectivity index (χ1v) is 7.81. The minimum absolute atomic E-state index is 0.134. The number of aliphatic hydroxyl groups excluding tert-OH is 1. The van der Waals surface area contributed by atoms with Crippen LogP contribution in [0.15, 0.2) is 30.3 Å². The van der Waals surface area contributed by atoms with Gasteiger partial charge in [-0.15, -0.1) is 0 Å². The molecule has 0 heterocycles. The van der Waals surface area contributed by atoms with E-state index in [0.29, 0.717) is 11.8 Å². The summed E-state index contributed by atoms with van der Waals surface area (Å²) in [6.45, 7) is 6.91. The minimum Gasteiger partial charge on any atom is -0.393 e. The van der Waals surface area contributed by atoms with Crippen LogP contribution in [0.5, 0.6) is 0 Å². The molecule has 1 heteroatoms. The van der Waals surface area contributed by atoms with Crippen LogP contribution in [0.1, 0.15) is 57.9 Å². The summed E-state index contributed by atoms with van der Waals surface area (Å²) in [4.78, 5) is 0. The fraction of sp³-hybridized carbons (Fsp3) is 0.667. The van der Waals surface area contributed by atoms with Crippen LogP contribution in [-0.4, -0.2) is 11.2 Å². The molecule has 0 amide bonds. The molecule has 5 atom stereocenters. The van der Waals surface area contributed by atoms with E-state index in [0.717, 1.165) is 18.3 Å². The van der Waals surface area contributed by atoms with E-state index in [1.54, 1.807) is 0 Å². The molecule has 1 aliphatic rings. The van der Waals surface area contributed by atoms with E-state index in [4.69, 9.17) is 0 Å². The molecule has 0 spiro atoms. The SMILES string of the molecule is CC(CC(O)C1CCC(C)C(C)C1)c1ccccc1. The van der Waals surface area contributed by atoms with Gasteiger partial charge in [0.2, 0.25) is 0 Å². The van der Waals surface area contributed by atoms with Gasteiger partial charge in [0, 0.05) is 0 Å². The van der Waals surface area contributed by atoms with Crippen LogP contribution in [0.3, 0.4) is 0 Å². The molecule has 0 aliphatic heterocycles. The first kappa shape index (κ1) is 14.6. The van der Waals surface area contributed by atoms with Crippen molar-refractivity contribution in [3.05, 3.63) is 35.9 Å². The Hall–Kier alpha value is -0.820. The number of hydrogen-bond donors (Lipinski definition) is 1. The molecular formula is C18H28O. The van der Waals surface area contributed by atoms with Gasteiger partial charge in [-0.2, -0.15) is 0 Å². The van der Waals surface area contributed by atoms with E-state index < -0.39 is 0 Å². The minimum atomic E-state index is -0.134. The quantitative estimate of drug-likeness (QED) is 0.838. The number of aliphatic hydroxyl groups is 1. The van der Waals surface area contributed by atoms with Crippen molar-refractivity contribution in [2.75, 3.05) is 0 Å². The van der Waals surface area contributed by atoms with Gasteiger partial charge in [-0.3, -0.25) is 0 Å². The van der Waals surface area contributed by atoms with Gasteiger partial charge < -0.3 is 5.11 Å². The topological polar surface area (TPSA) is 20.2 Å². The van der Waals surface area contributed by atoms with Crippen LogP contribution in [0.4, 0.5) is 0 Å². The molecule has 1 aliphatic carbocycles. The van der Waals surface area contributed by atoms with E-state index in [2.05, 4.69) is 51.1 Å². The molecule has 1 fully saturated rings. The molecule has 2 rings (SSSR count). The third-order valence-corrected chi connectivity index (χ3v) is 5.15. The lowest BCUT2D eigenvalue weighted by molar-refractivity contribution is 0.0468. The second kappa shape index (κ2) is 6.56. The van der Waals surface area contributed by atoms with Gasteiger partial charge in [-0.1, -0.05) is 57.5 Å². The Labute approximate surface area is 118 Å². The standard InChI is InChI=1S/C18H28O/c1-13-9-10-17(11-14(13)2)18(19)12-15(3)16-7-5-4-6-8-16/h4-8,13-15,17-19H,9-12H2,1-3H3. The molecule has 106 valence electrons. The molecule has 1 nitrogen and oxygen atoms in total. The molecule has 1 aromatic rings. The Morgan fingerprint density at radius 1 is 1.11 bits per heavy atom. The highest BCUT2D eigenvalue weighted by molar-refractivity contribution is 5.18. The third kappa shape index (κ3) is 3.82. The summed E-state index contributed by atoms with van der Waals surface area (Å²) in [5, 5.41) is 10.5. The summed E-state index contributed by atoms with van der Waals surface area (Å²) in [6, 6.07) is 10.6. The largest absolute Gasteiger partial charge is 0.393 e. The average Bonchev–Trinajstić information content (AvgIpc) is 2.42. The van der Waals surface area contributed by atoms with Crippen LogP contribution < -0.4 is 0 Å². The van der Waals surface area contributed by atoms with Crippen molar-refractivity contribution in [2.24, 2.45) is 17.8 Å². The van der Waals surface area contributed by atoms with Crippen molar-refractivity contribution >= 4 is 0 Å². The number of rotatable bonds is 4. The summed E-state index contributed by atoms with van der Waals surface area (Å²) >= 11 is 0. The van der Waals surface area contributed by atoms with Crippen molar-refractivity contribution in [3.63, 3.8) is 0 Å². The molecule has 0 bridgehead atoms. The predicted molar refractivity (Wildman–Crippen MR) is 81.1 cm³/mol. The van der Waals surface area contributed by atoms with E-state index in [1.807, 2.05) is 0 Å². The maximum absolute atomic E-state index is 10.5. The Bertz CT molecular complexity index is 373. The highest BCUT2D eigenvalue weighted by atomic mass is 16.3. The van der Waals surface area contributed by atoms with Crippen LogP contribution in [0.25, 0.3) is 0 Å². The van der Waals surface area contributed by atoms with E-state index in [-0.39, 0.29) is 6.10 Å². The Kier molecular flexibility index (Phi) is 5.04. The fourth-order valence-electron chi connectivity index (χ4n) is 3.41. The second-order valence-electron chi connectivity index (χ2n) is 6.64. The van der Waals surface area contributed by atoms with E-state index in [1.165, 1.54) is 24.8 Å². The first-order valence-electron chi connectivity index (χ1n) is 7.81. The normalized spacial score (nSPS) is 30.8. The summed E-state index contributed by atoms with van der Waals surface area (Å²) in [6.07, 6.45) is 4.45. The third-order valence-electron chi connectivity index (χ3n) is 5.15. The molecule has 1 aromatic carbocycles. The maximum Gasteiger partial charge on any atom is 0.0574 e. The van der Waals surface area contributed by atoms with Crippen LogP contribution >= 0.6 is 0 Å². The Morgan fingerprint density at radius 3 is 2.42 bits per heavy atom. The van der Waals surface area contributed by atoms with Crippen molar-refractivity contribution in [1.29, 1.82) is 0 Å². The van der Waals surface area contributed by atoms with E-state index >= 15 is 0 Å². The van der Waals surface area contributed by atoms with Gasteiger partial charge in [0.15, 0.2) is 0 Å². The lowest BCUT2D eigenvalue weighted by atomic mass is 9.72. The summed E-state index contributed by atoms with van der Waals surface area (Å²) in [5.74, 6) is 2.55. The van der Waals surface area contributed by atoms with Crippen molar-refractivity contribution < 1.29 is 5.11 Å². The molecule has 0 radical (unpaired) electrons. The molecule has 0 aromatic heterocycles. The van der Waals surface area contributed by atoms with Crippen LogP contribution in [-0.2, 0) is 0 Å². The van der Waals surface area contributed by atoms with Crippen LogP contribution in [0, 0.1) is 17.8 Å². The van der Waals surface area contributed by atoms with Crippen molar-refractivity contribution in [3.8, 4) is 0 Å². The fourth-order valence-corrected chi connectivity index (χ4v) is 3.41. The zero-order chi connectivity index (χ0) is 13.8. The molecule has 5 unspecified atom stereocenters. The lowest BCUT2D eigenvalue weighted by Gasteiger charge is -2.35. The molecular weight excluding hydrogens is 232 g/mol. The number of hydrogen-bond acceptors (Lipinski definition) is 1. The lowest BCUT2D eigenvalue weighted by Crippen LogP contribution is -2.30. The van der Waals surface area contributed by atoms with Gasteiger partial charge in [0.1, 0.15) is 0 Å². The smallest absolute Gasteiger partial charge is 0.0574 e. The van der Waals surface area contributed by atoms with Gasteiger partial charge in [0.25, 0.3) is 0 Å². The monoisotopic (exact) mass is 260 g/mol. The highest BCUT2D eigenvalue weighted by Gasteiger charge is 2.29. The van der Waals surface area contributed by atoms with Gasteiger partial charge >= 0.3 is 0 Å². The molecule has 19 heavy (non-hydrogen) atoms. The highest BCUT2D eigenvalue weighted by Crippen LogP contribution is 2.37. The zero-order valence-electron chi connectivity index (χ0n) is 12.5. The summed E-state index contributed by atoms with van der Waals surface area (Å²) in [7, 11) is 0.